The fourth-order valence-corrected chi connectivity index (χ4v) is 1.35. The quantitative estimate of drug-likeness (QED) is 0.431. The lowest BCUT2D eigenvalue weighted by atomic mass is 9.99. The predicted molar refractivity (Wildman–Crippen MR) is 55.7 cm³/mol. The van der Waals surface area contributed by atoms with Crippen LogP contribution in [0, 0.1) is 0 Å². The van der Waals surface area contributed by atoms with Gasteiger partial charge >= 0.3 is 0 Å². The molecule has 0 aliphatic carbocycles. The maximum Gasteiger partial charge on any atom is 0.239 e. The van der Waals surface area contributed by atoms with Gasteiger partial charge in [0.05, 0.1) is 19.2 Å². The van der Waals surface area contributed by atoms with E-state index < -0.39 is 11.6 Å². The second-order valence-electron chi connectivity index (χ2n) is 3.91. The molecule has 1 aliphatic rings. The monoisotopic (exact) mass is 228 g/mol. The van der Waals surface area contributed by atoms with Gasteiger partial charge in [0.1, 0.15) is 5.60 Å². The molecule has 0 aromatic rings. The highest BCUT2D eigenvalue weighted by Gasteiger charge is 2.49. The molecular formula is C10H16N2O4. The van der Waals surface area contributed by atoms with Crippen LogP contribution in [0.2, 0.25) is 0 Å². The number of amides is 2. The normalized spacial score (nSPS) is 24.4. The van der Waals surface area contributed by atoms with Gasteiger partial charge in [-0.15, -0.1) is 0 Å². The zero-order valence-electron chi connectivity index (χ0n) is 9.41. The fourth-order valence-electron chi connectivity index (χ4n) is 1.35. The van der Waals surface area contributed by atoms with Gasteiger partial charge in [0.2, 0.25) is 12.3 Å². The Kier molecular flexibility index (Phi) is 4.00. The Hall–Kier alpha value is -1.43. The summed E-state index contributed by atoms with van der Waals surface area (Å²) in [5, 5.41) is 4.79. The first kappa shape index (κ1) is 12.6. The summed E-state index contributed by atoms with van der Waals surface area (Å²) in [6, 6.07) is -0.548. The molecule has 0 spiro atoms. The van der Waals surface area contributed by atoms with Crippen molar-refractivity contribution in [3.8, 4) is 0 Å². The molecule has 2 amide bonds. The lowest BCUT2D eigenvalue weighted by Crippen LogP contribution is -2.48. The van der Waals surface area contributed by atoms with Crippen LogP contribution in [-0.4, -0.2) is 42.9 Å². The summed E-state index contributed by atoms with van der Waals surface area (Å²) < 4.78 is 5.03. The van der Waals surface area contributed by atoms with Crippen molar-refractivity contribution in [2.75, 3.05) is 13.2 Å². The number of carbonyl (C=O) groups excluding carboxylic acids is 3. The first-order valence-corrected chi connectivity index (χ1v) is 5.18. The van der Waals surface area contributed by atoms with E-state index in [1.54, 1.807) is 6.92 Å². The van der Waals surface area contributed by atoms with Gasteiger partial charge < -0.3 is 15.4 Å². The van der Waals surface area contributed by atoms with E-state index in [1.807, 2.05) is 6.92 Å². The molecule has 90 valence electrons. The maximum absolute atomic E-state index is 11.8. The van der Waals surface area contributed by atoms with Crippen LogP contribution >= 0.6 is 0 Å². The van der Waals surface area contributed by atoms with Crippen molar-refractivity contribution in [3.63, 3.8) is 0 Å². The first-order chi connectivity index (χ1) is 7.53. The Balaban J connectivity index is 2.45. The number of epoxide rings is 1. The summed E-state index contributed by atoms with van der Waals surface area (Å²) >= 11 is 0. The SMILES string of the molecule is CC[C@H](NC(=O)CNC=O)C(=O)C1(C)CO1. The van der Waals surface area contributed by atoms with Gasteiger partial charge in [-0.3, -0.25) is 14.4 Å². The summed E-state index contributed by atoms with van der Waals surface area (Å²) in [6.45, 7) is 3.80. The molecule has 1 saturated heterocycles. The Morgan fingerprint density at radius 3 is 2.62 bits per heavy atom. The molecular weight excluding hydrogens is 212 g/mol. The van der Waals surface area contributed by atoms with Crippen molar-refractivity contribution in [1.82, 2.24) is 10.6 Å². The number of rotatable bonds is 7. The highest BCUT2D eigenvalue weighted by atomic mass is 16.6. The van der Waals surface area contributed by atoms with Crippen molar-refractivity contribution in [1.29, 1.82) is 0 Å². The number of nitrogens with one attached hydrogen (secondary N) is 2. The smallest absolute Gasteiger partial charge is 0.239 e. The van der Waals surface area contributed by atoms with Crippen LogP contribution in [0.4, 0.5) is 0 Å². The minimum absolute atomic E-state index is 0.116. The van der Waals surface area contributed by atoms with Gasteiger partial charge in [-0.1, -0.05) is 6.92 Å². The van der Waals surface area contributed by atoms with Crippen molar-refractivity contribution >= 4 is 18.1 Å². The highest BCUT2D eigenvalue weighted by Crippen LogP contribution is 2.28. The predicted octanol–water partition coefficient (Wildman–Crippen LogP) is -1.01. The van der Waals surface area contributed by atoms with E-state index in [0.29, 0.717) is 19.4 Å². The topological polar surface area (TPSA) is 87.8 Å². The molecule has 0 aromatic heterocycles. The van der Waals surface area contributed by atoms with Crippen LogP contribution in [0.15, 0.2) is 0 Å². The lowest BCUT2D eigenvalue weighted by Gasteiger charge is -2.17. The average molecular weight is 228 g/mol. The second kappa shape index (κ2) is 5.07. The zero-order valence-corrected chi connectivity index (χ0v) is 9.41. The maximum atomic E-state index is 11.8. The van der Waals surface area contributed by atoms with Crippen LogP contribution in [0.1, 0.15) is 20.3 Å². The molecule has 16 heavy (non-hydrogen) atoms. The molecule has 1 fully saturated rings. The van der Waals surface area contributed by atoms with E-state index in [0.717, 1.165) is 0 Å². The summed E-state index contributed by atoms with van der Waals surface area (Å²) in [7, 11) is 0. The molecule has 0 radical (unpaired) electrons. The number of hydrogen-bond donors (Lipinski definition) is 2. The second-order valence-corrected chi connectivity index (χ2v) is 3.91. The van der Waals surface area contributed by atoms with Gasteiger partial charge in [-0.2, -0.15) is 0 Å². The molecule has 0 aromatic carbocycles. The molecule has 1 rings (SSSR count). The third-order valence-electron chi connectivity index (χ3n) is 2.50. The zero-order chi connectivity index (χ0) is 12.2. The molecule has 0 bridgehead atoms. The van der Waals surface area contributed by atoms with Gasteiger partial charge in [0, 0.05) is 0 Å². The van der Waals surface area contributed by atoms with E-state index in [2.05, 4.69) is 10.6 Å². The minimum Gasteiger partial charge on any atom is -0.361 e. The number of Topliss-reactive ketones (excluding diaryl/α,β-unsaturated/α-hetero) is 1. The van der Waals surface area contributed by atoms with Crippen molar-refractivity contribution in [3.05, 3.63) is 0 Å². The van der Waals surface area contributed by atoms with Crippen LogP contribution in [0.25, 0.3) is 0 Å². The molecule has 1 aliphatic heterocycles. The Morgan fingerprint density at radius 1 is 1.56 bits per heavy atom. The largest absolute Gasteiger partial charge is 0.361 e. The molecule has 6 heteroatoms. The van der Waals surface area contributed by atoms with E-state index >= 15 is 0 Å². The number of hydrogen-bond acceptors (Lipinski definition) is 4. The summed E-state index contributed by atoms with van der Waals surface area (Å²) in [5.74, 6) is -0.494. The van der Waals surface area contributed by atoms with Crippen molar-refractivity contribution < 1.29 is 19.1 Å². The van der Waals surface area contributed by atoms with Crippen LogP contribution in [0.3, 0.4) is 0 Å². The molecule has 2 N–H and O–H groups in total. The Labute approximate surface area is 93.7 Å². The van der Waals surface area contributed by atoms with E-state index in [-0.39, 0.29) is 18.2 Å². The number of carbonyl (C=O) groups is 3. The lowest BCUT2D eigenvalue weighted by molar-refractivity contribution is -0.130. The summed E-state index contributed by atoms with van der Waals surface area (Å²) in [6.07, 6.45) is 0.943. The van der Waals surface area contributed by atoms with E-state index in [4.69, 9.17) is 4.74 Å². The van der Waals surface area contributed by atoms with Gasteiger partial charge in [-0.05, 0) is 13.3 Å². The summed E-state index contributed by atoms with van der Waals surface area (Å²) in [4.78, 5) is 33.1. The molecule has 2 atom stereocenters. The molecule has 1 heterocycles. The van der Waals surface area contributed by atoms with Gasteiger partial charge in [0.25, 0.3) is 0 Å². The molecule has 1 unspecified atom stereocenters. The van der Waals surface area contributed by atoms with Gasteiger partial charge in [0.15, 0.2) is 5.78 Å². The average Bonchev–Trinajstić information content (AvgIpc) is 3.01. The Bertz CT molecular complexity index is 299. The molecule has 0 saturated carbocycles. The van der Waals surface area contributed by atoms with Crippen LogP contribution < -0.4 is 10.6 Å². The van der Waals surface area contributed by atoms with E-state index in [9.17, 15) is 14.4 Å². The van der Waals surface area contributed by atoms with Crippen molar-refractivity contribution in [2.45, 2.75) is 31.9 Å². The van der Waals surface area contributed by atoms with Gasteiger partial charge in [-0.25, -0.2) is 0 Å². The van der Waals surface area contributed by atoms with E-state index in [1.165, 1.54) is 0 Å². The highest BCUT2D eigenvalue weighted by molar-refractivity contribution is 5.96. The fraction of sp³-hybridized carbons (Fsp3) is 0.700. The van der Waals surface area contributed by atoms with Crippen LogP contribution in [-0.2, 0) is 19.1 Å². The van der Waals surface area contributed by atoms with Crippen molar-refractivity contribution in [2.24, 2.45) is 0 Å². The third kappa shape index (κ3) is 3.03. The first-order valence-electron chi connectivity index (χ1n) is 5.18. The third-order valence-corrected chi connectivity index (χ3v) is 2.50. The number of ether oxygens (including phenoxy) is 1. The standard InChI is InChI=1S/C10H16N2O4/c1-3-7(9(15)10(2)5-16-10)12-8(14)4-11-6-13/h6-7H,3-5H2,1-2H3,(H,11,13)(H,12,14)/t7-,10?/m0/s1. The van der Waals surface area contributed by atoms with Crippen LogP contribution in [0.5, 0.6) is 0 Å². The minimum atomic E-state index is -0.730. The summed E-state index contributed by atoms with van der Waals surface area (Å²) in [5.41, 5.74) is -0.730. The number of ketones is 1. The Morgan fingerprint density at radius 2 is 2.19 bits per heavy atom. The molecule has 6 nitrogen and oxygen atoms in total.